The Labute approximate surface area is 216 Å². The molecule has 2 aromatic carbocycles. The Balaban J connectivity index is 1.54. The number of esters is 2. The largest absolute Gasteiger partial charge is 0.482 e. The van der Waals surface area contributed by atoms with E-state index in [1.54, 1.807) is 0 Å². The number of rotatable bonds is 8. The SMILES string of the molecule is COC(=O)COc1ccc(C2(C3=CCC(OCC(=O)OC)C=C3)c3ccccc3C3C=CC=CC32)cc1. The Morgan fingerprint density at radius 2 is 1.62 bits per heavy atom. The number of methoxy groups -OCH3 is 2. The molecule has 3 aliphatic carbocycles. The molecule has 0 N–H and O–H groups in total. The molecule has 0 fully saturated rings. The molecule has 0 bridgehead atoms. The van der Waals surface area contributed by atoms with Crippen molar-refractivity contribution in [3.05, 3.63) is 113 Å². The number of ether oxygens (including phenoxy) is 4. The van der Waals surface area contributed by atoms with Crippen molar-refractivity contribution in [2.24, 2.45) is 5.92 Å². The first-order valence-corrected chi connectivity index (χ1v) is 12.4. The summed E-state index contributed by atoms with van der Waals surface area (Å²) in [5, 5.41) is 0. The topological polar surface area (TPSA) is 71.1 Å². The van der Waals surface area contributed by atoms with Crippen molar-refractivity contribution in [3.63, 3.8) is 0 Å². The quantitative estimate of drug-likeness (QED) is 0.487. The van der Waals surface area contributed by atoms with E-state index in [0.29, 0.717) is 12.2 Å². The Hall–Kier alpha value is -3.90. The maximum absolute atomic E-state index is 11.6. The lowest BCUT2D eigenvalue weighted by Gasteiger charge is -2.40. The molecule has 37 heavy (non-hydrogen) atoms. The first-order valence-electron chi connectivity index (χ1n) is 12.4. The molecular weight excluding hydrogens is 468 g/mol. The smallest absolute Gasteiger partial charge is 0.343 e. The van der Waals surface area contributed by atoms with Crippen LogP contribution < -0.4 is 4.74 Å². The molecule has 0 saturated carbocycles. The van der Waals surface area contributed by atoms with E-state index >= 15 is 0 Å². The monoisotopic (exact) mass is 498 g/mol. The molecule has 3 aliphatic rings. The molecule has 0 amide bonds. The van der Waals surface area contributed by atoms with Crippen molar-refractivity contribution >= 4 is 11.9 Å². The van der Waals surface area contributed by atoms with Gasteiger partial charge in [-0.15, -0.1) is 0 Å². The summed E-state index contributed by atoms with van der Waals surface area (Å²) in [7, 11) is 2.70. The highest BCUT2D eigenvalue weighted by atomic mass is 16.6. The van der Waals surface area contributed by atoms with Crippen molar-refractivity contribution in [3.8, 4) is 5.75 Å². The third-order valence-corrected chi connectivity index (χ3v) is 7.43. The average molecular weight is 499 g/mol. The third kappa shape index (κ3) is 4.53. The van der Waals surface area contributed by atoms with E-state index in [1.165, 1.54) is 30.9 Å². The lowest BCUT2D eigenvalue weighted by molar-refractivity contribution is -0.147. The Morgan fingerprint density at radius 1 is 0.892 bits per heavy atom. The minimum Gasteiger partial charge on any atom is -0.482 e. The average Bonchev–Trinajstić information content (AvgIpc) is 3.26. The zero-order valence-electron chi connectivity index (χ0n) is 21.0. The molecule has 2 aromatic rings. The van der Waals surface area contributed by atoms with E-state index in [0.717, 1.165) is 5.56 Å². The summed E-state index contributed by atoms with van der Waals surface area (Å²) in [6.45, 7) is -0.211. The number of allylic oxidation sites excluding steroid dienone is 6. The summed E-state index contributed by atoms with van der Waals surface area (Å²) >= 11 is 0. The second-order valence-corrected chi connectivity index (χ2v) is 9.29. The first kappa shape index (κ1) is 24.8. The fourth-order valence-electron chi connectivity index (χ4n) is 5.77. The number of benzene rings is 2. The van der Waals surface area contributed by atoms with E-state index in [4.69, 9.17) is 14.2 Å². The molecular formula is C31H30O6. The summed E-state index contributed by atoms with van der Waals surface area (Å²) in [5.74, 6) is 0.226. The van der Waals surface area contributed by atoms with Crippen LogP contribution in [0, 0.1) is 5.92 Å². The van der Waals surface area contributed by atoms with Crippen LogP contribution in [0.1, 0.15) is 29.0 Å². The molecule has 6 nitrogen and oxygen atoms in total. The molecule has 4 unspecified atom stereocenters. The van der Waals surface area contributed by atoms with Gasteiger partial charge >= 0.3 is 11.9 Å². The molecule has 0 aliphatic heterocycles. The lowest BCUT2D eigenvalue weighted by Crippen LogP contribution is -2.36. The zero-order chi connectivity index (χ0) is 25.8. The third-order valence-electron chi connectivity index (χ3n) is 7.43. The molecule has 0 saturated heterocycles. The number of hydrogen-bond donors (Lipinski definition) is 0. The van der Waals surface area contributed by atoms with Gasteiger partial charge in [0.1, 0.15) is 12.4 Å². The maximum Gasteiger partial charge on any atom is 0.343 e. The van der Waals surface area contributed by atoms with Gasteiger partial charge in [-0.05, 0) is 40.8 Å². The lowest BCUT2D eigenvalue weighted by atomic mass is 9.62. The second kappa shape index (κ2) is 10.6. The van der Waals surface area contributed by atoms with Crippen LogP contribution in [0.5, 0.6) is 5.75 Å². The van der Waals surface area contributed by atoms with Gasteiger partial charge in [0.25, 0.3) is 0 Å². The van der Waals surface area contributed by atoms with Gasteiger partial charge in [0.05, 0.1) is 25.7 Å². The van der Waals surface area contributed by atoms with Gasteiger partial charge in [0.2, 0.25) is 0 Å². The van der Waals surface area contributed by atoms with Crippen LogP contribution in [0.25, 0.3) is 0 Å². The standard InChI is InChI=1S/C31H30O6/c1-34-29(32)19-36-23-15-11-21(12-16-23)31(22-13-17-24(18-14-22)37-20-30(33)35-2)27-9-5-3-7-25(27)26-8-4-6-10-28(26)31/h3-17,24-25,27H,18-20H2,1-2H3. The van der Waals surface area contributed by atoms with Crippen LogP contribution in [0.15, 0.2) is 96.6 Å². The summed E-state index contributed by atoms with van der Waals surface area (Å²) < 4.78 is 20.8. The molecule has 190 valence electrons. The maximum atomic E-state index is 11.6. The number of fused-ring (bicyclic) bond motifs is 3. The van der Waals surface area contributed by atoms with E-state index in [2.05, 4.69) is 77.6 Å². The van der Waals surface area contributed by atoms with Gasteiger partial charge in [0.15, 0.2) is 6.61 Å². The van der Waals surface area contributed by atoms with Crippen LogP contribution in [0.3, 0.4) is 0 Å². The molecule has 4 atom stereocenters. The van der Waals surface area contributed by atoms with E-state index < -0.39 is 11.4 Å². The summed E-state index contributed by atoms with van der Waals surface area (Å²) in [4.78, 5) is 23.1. The predicted molar refractivity (Wildman–Crippen MR) is 139 cm³/mol. The summed E-state index contributed by atoms with van der Waals surface area (Å²) in [6, 6.07) is 16.7. The number of hydrogen-bond acceptors (Lipinski definition) is 6. The second-order valence-electron chi connectivity index (χ2n) is 9.29. The van der Waals surface area contributed by atoms with Crippen LogP contribution in [-0.4, -0.2) is 45.5 Å². The minimum atomic E-state index is -0.423. The van der Waals surface area contributed by atoms with Crippen LogP contribution in [0.4, 0.5) is 0 Å². The fraction of sp³-hybridized carbons (Fsp3) is 0.290. The highest BCUT2D eigenvalue weighted by Crippen LogP contribution is 2.60. The molecule has 0 aromatic heterocycles. The van der Waals surface area contributed by atoms with Gasteiger partial charge in [0, 0.05) is 11.8 Å². The fourth-order valence-corrected chi connectivity index (χ4v) is 5.77. The minimum absolute atomic E-state index is 0.0755. The van der Waals surface area contributed by atoms with Crippen LogP contribution in [-0.2, 0) is 29.2 Å². The van der Waals surface area contributed by atoms with Crippen molar-refractivity contribution in [1.82, 2.24) is 0 Å². The highest BCUT2D eigenvalue weighted by molar-refractivity contribution is 5.71. The predicted octanol–water partition coefficient (Wildman–Crippen LogP) is 4.81. The summed E-state index contributed by atoms with van der Waals surface area (Å²) in [5.41, 5.74) is 4.50. The molecule has 5 rings (SSSR count). The van der Waals surface area contributed by atoms with Crippen LogP contribution in [0.2, 0.25) is 0 Å². The van der Waals surface area contributed by atoms with Crippen molar-refractivity contribution in [2.75, 3.05) is 27.4 Å². The van der Waals surface area contributed by atoms with E-state index in [9.17, 15) is 9.59 Å². The van der Waals surface area contributed by atoms with E-state index in [1.807, 2.05) is 18.2 Å². The summed E-state index contributed by atoms with van der Waals surface area (Å²) in [6.07, 6.45) is 15.7. The highest BCUT2D eigenvalue weighted by Gasteiger charge is 2.53. The Morgan fingerprint density at radius 3 is 2.35 bits per heavy atom. The van der Waals surface area contributed by atoms with Gasteiger partial charge in [-0.2, -0.15) is 0 Å². The number of carbonyl (C=O) groups excluding carboxylic acids is 2. The molecule has 0 spiro atoms. The van der Waals surface area contributed by atoms with Crippen molar-refractivity contribution < 1.29 is 28.5 Å². The first-order chi connectivity index (χ1) is 18.1. The molecule has 0 heterocycles. The van der Waals surface area contributed by atoms with Crippen LogP contribution >= 0.6 is 0 Å². The molecule has 6 heteroatoms. The Bertz CT molecular complexity index is 1290. The van der Waals surface area contributed by atoms with Crippen molar-refractivity contribution in [1.29, 1.82) is 0 Å². The molecule has 0 radical (unpaired) electrons. The van der Waals surface area contributed by atoms with Gasteiger partial charge < -0.3 is 18.9 Å². The zero-order valence-corrected chi connectivity index (χ0v) is 21.0. The van der Waals surface area contributed by atoms with Crippen molar-refractivity contribution in [2.45, 2.75) is 23.9 Å². The normalized spacial score (nSPS) is 25.1. The number of carbonyl (C=O) groups is 2. The van der Waals surface area contributed by atoms with Gasteiger partial charge in [-0.25, -0.2) is 9.59 Å². The van der Waals surface area contributed by atoms with E-state index in [-0.39, 0.29) is 37.1 Å². The Kier molecular flexibility index (Phi) is 7.10. The van der Waals surface area contributed by atoms with Gasteiger partial charge in [-0.3, -0.25) is 0 Å². The van der Waals surface area contributed by atoms with Gasteiger partial charge in [-0.1, -0.05) is 78.9 Å².